The summed E-state index contributed by atoms with van der Waals surface area (Å²) in [6.07, 6.45) is 4.35. The van der Waals surface area contributed by atoms with Gasteiger partial charge in [0.05, 0.1) is 18.3 Å². The minimum atomic E-state index is -3.39. The topological polar surface area (TPSA) is 58.2 Å². The molecule has 31 heavy (non-hydrogen) atoms. The molecule has 0 aromatic heterocycles. The Morgan fingerprint density at radius 2 is 1.39 bits per heavy atom. The van der Waals surface area contributed by atoms with Gasteiger partial charge in [-0.05, 0) is 49.4 Å². The Labute approximate surface area is 186 Å². The van der Waals surface area contributed by atoms with E-state index in [1.807, 2.05) is 60.7 Å². The minimum absolute atomic E-state index is 0.169. The fourth-order valence-electron chi connectivity index (χ4n) is 3.89. The lowest BCUT2D eigenvalue weighted by atomic mass is 9.94. The summed E-state index contributed by atoms with van der Waals surface area (Å²) in [4.78, 5) is 0. The van der Waals surface area contributed by atoms with E-state index < -0.39 is 16.1 Å². The molecule has 2 atom stereocenters. The van der Waals surface area contributed by atoms with Gasteiger partial charge in [-0.15, -0.1) is 0 Å². The standard InChI is InChI=1S/C26H32N2O2S/c1-21-12-11-14-22(20-21)13-9-10-19-27-25(23-15-5-3-6-16-23)26(28-31(2,29)30)24-17-7-4-8-18-24/h3-8,11-12,14-18,20,25-28H,9-10,13,19H2,1-2H3/t25?,26-/m0/s1. The van der Waals surface area contributed by atoms with Gasteiger partial charge in [0.1, 0.15) is 0 Å². The quantitative estimate of drug-likeness (QED) is 0.419. The molecule has 0 amide bonds. The Morgan fingerprint density at radius 1 is 0.774 bits per heavy atom. The summed E-state index contributed by atoms with van der Waals surface area (Å²) in [6.45, 7) is 2.92. The molecule has 3 aromatic carbocycles. The Morgan fingerprint density at radius 3 is 1.97 bits per heavy atom. The van der Waals surface area contributed by atoms with Crippen molar-refractivity contribution in [3.8, 4) is 0 Å². The highest BCUT2D eigenvalue weighted by molar-refractivity contribution is 7.88. The number of unbranched alkanes of at least 4 members (excludes halogenated alkanes) is 1. The molecule has 3 rings (SSSR count). The number of rotatable bonds is 11. The maximum atomic E-state index is 12.2. The van der Waals surface area contributed by atoms with E-state index in [1.165, 1.54) is 17.4 Å². The van der Waals surface area contributed by atoms with E-state index in [-0.39, 0.29) is 6.04 Å². The Balaban J connectivity index is 1.72. The zero-order valence-electron chi connectivity index (χ0n) is 18.3. The van der Waals surface area contributed by atoms with Gasteiger partial charge < -0.3 is 5.32 Å². The van der Waals surface area contributed by atoms with Crippen LogP contribution in [0.25, 0.3) is 0 Å². The molecule has 0 aliphatic rings. The number of nitrogens with one attached hydrogen (secondary N) is 2. The molecule has 0 aliphatic heterocycles. The molecule has 5 heteroatoms. The Bertz CT molecular complexity index is 1040. The van der Waals surface area contributed by atoms with Crippen molar-refractivity contribution in [2.24, 2.45) is 0 Å². The molecule has 0 fully saturated rings. The van der Waals surface area contributed by atoms with E-state index in [0.717, 1.165) is 36.9 Å². The second-order valence-electron chi connectivity index (χ2n) is 8.07. The summed E-state index contributed by atoms with van der Waals surface area (Å²) in [7, 11) is -3.39. The number of aryl methyl sites for hydroxylation is 2. The predicted molar refractivity (Wildman–Crippen MR) is 128 cm³/mol. The van der Waals surface area contributed by atoms with Crippen molar-refractivity contribution in [3.05, 3.63) is 107 Å². The Kier molecular flexibility index (Phi) is 8.41. The lowest BCUT2D eigenvalue weighted by Crippen LogP contribution is -2.38. The van der Waals surface area contributed by atoms with Gasteiger partial charge in [-0.1, -0.05) is 90.5 Å². The fourth-order valence-corrected chi connectivity index (χ4v) is 4.62. The smallest absolute Gasteiger partial charge is 0.209 e. The van der Waals surface area contributed by atoms with Crippen LogP contribution in [0.2, 0.25) is 0 Å². The average Bonchev–Trinajstić information content (AvgIpc) is 2.75. The third kappa shape index (κ3) is 7.62. The summed E-state index contributed by atoms with van der Waals surface area (Å²) in [6, 6.07) is 27.9. The van der Waals surface area contributed by atoms with Gasteiger partial charge in [-0.3, -0.25) is 0 Å². The third-order valence-corrected chi connectivity index (χ3v) is 6.01. The van der Waals surface area contributed by atoms with Gasteiger partial charge in [-0.25, -0.2) is 13.1 Å². The molecule has 0 saturated heterocycles. The van der Waals surface area contributed by atoms with Crippen molar-refractivity contribution in [1.29, 1.82) is 0 Å². The van der Waals surface area contributed by atoms with Crippen molar-refractivity contribution in [2.75, 3.05) is 12.8 Å². The van der Waals surface area contributed by atoms with Crippen LogP contribution in [0.4, 0.5) is 0 Å². The van der Waals surface area contributed by atoms with Gasteiger partial charge >= 0.3 is 0 Å². The van der Waals surface area contributed by atoms with Crippen molar-refractivity contribution < 1.29 is 8.42 Å². The first kappa shape index (κ1) is 23.2. The Hall–Kier alpha value is -2.47. The second kappa shape index (κ2) is 11.2. The fraction of sp³-hybridized carbons (Fsp3) is 0.308. The van der Waals surface area contributed by atoms with Crippen LogP contribution in [0.5, 0.6) is 0 Å². The van der Waals surface area contributed by atoms with Crippen LogP contribution in [0.15, 0.2) is 84.9 Å². The van der Waals surface area contributed by atoms with Crippen molar-refractivity contribution >= 4 is 10.0 Å². The summed E-state index contributed by atoms with van der Waals surface area (Å²) >= 11 is 0. The number of benzene rings is 3. The monoisotopic (exact) mass is 436 g/mol. The van der Waals surface area contributed by atoms with Crippen molar-refractivity contribution in [3.63, 3.8) is 0 Å². The normalized spacial score (nSPS) is 13.6. The van der Waals surface area contributed by atoms with Gasteiger partial charge in [-0.2, -0.15) is 0 Å². The number of hydrogen-bond acceptors (Lipinski definition) is 3. The van der Waals surface area contributed by atoms with E-state index in [0.29, 0.717) is 0 Å². The highest BCUT2D eigenvalue weighted by Gasteiger charge is 2.27. The van der Waals surface area contributed by atoms with Crippen molar-refractivity contribution in [1.82, 2.24) is 10.0 Å². The summed E-state index contributed by atoms with van der Waals surface area (Å²) in [5, 5.41) is 3.63. The minimum Gasteiger partial charge on any atom is -0.308 e. The highest BCUT2D eigenvalue weighted by Crippen LogP contribution is 2.29. The van der Waals surface area contributed by atoms with Gasteiger partial charge in [0.25, 0.3) is 0 Å². The van der Waals surface area contributed by atoms with Crippen LogP contribution >= 0.6 is 0 Å². The van der Waals surface area contributed by atoms with E-state index >= 15 is 0 Å². The first-order valence-corrected chi connectivity index (χ1v) is 12.7. The van der Waals surface area contributed by atoms with E-state index in [2.05, 4.69) is 41.2 Å². The van der Waals surface area contributed by atoms with Crippen LogP contribution < -0.4 is 10.0 Å². The molecule has 0 bridgehead atoms. The average molecular weight is 437 g/mol. The largest absolute Gasteiger partial charge is 0.308 e. The SMILES string of the molecule is Cc1cccc(CCCCNC(c2ccccc2)[C@@H](NS(C)(=O)=O)c2ccccc2)c1. The highest BCUT2D eigenvalue weighted by atomic mass is 32.2. The molecule has 2 N–H and O–H groups in total. The third-order valence-electron chi connectivity index (χ3n) is 5.33. The number of sulfonamides is 1. The zero-order valence-corrected chi connectivity index (χ0v) is 19.1. The molecule has 0 radical (unpaired) electrons. The second-order valence-corrected chi connectivity index (χ2v) is 9.85. The van der Waals surface area contributed by atoms with E-state index in [4.69, 9.17) is 0 Å². The van der Waals surface area contributed by atoms with Crippen LogP contribution in [-0.4, -0.2) is 21.2 Å². The van der Waals surface area contributed by atoms with E-state index in [1.54, 1.807) is 0 Å². The first-order valence-electron chi connectivity index (χ1n) is 10.8. The predicted octanol–water partition coefficient (Wildman–Crippen LogP) is 4.94. The zero-order chi connectivity index (χ0) is 22.1. The van der Waals surface area contributed by atoms with Gasteiger partial charge in [0.2, 0.25) is 10.0 Å². The summed E-state index contributed by atoms with van der Waals surface area (Å²) in [5.41, 5.74) is 4.65. The molecular weight excluding hydrogens is 404 g/mol. The lowest BCUT2D eigenvalue weighted by molar-refractivity contribution is 0.418. The molecule has 0 heterocycles. The molecule has 0 spiro atoms. The lowest BCUT2D eigenvalue weighted by Gasteiger charge is -2.29. The molecule has 164 valence electrons. The van der Waals surface area contributed by atoms with Crippen LogP contribution in [-0.2, 0) is 16.4 Å². The molecular formula is C26H32N2O2S. The van der Waals surface area contributed by atoms with Crippen LogP contribution in [0.1, 0.15) is 47.2 Å². The molecule has 3 aromatic rings. The summed E-state index contributed by atoms with van der Waals surface area (Å²) in [5.74, 6) is 0. The van der Waals surface area contributed by atoms with E-state index in [9.17, 15) is 8.42 Å². The maximum absolute atomic E-state index is 12.2. The molecule has 1 unspecified atom stereocenters. The molecule has 0 saturated carbocycles. The summed E-state index contributed by atoms with van der Waals surface area (Å²) < 4.78 is 27.2. The van der Waals surface area contributed by atoms with Gasteiger partial charge in [0.15, 0.2) is 0 Å². The first-order chi connectivity index (χ1) is 14.9. The molecule has 4 nitrogen and oxygen atoms in total. The molecule has 0 aliphatic carbocycles. The maximum Gasteiger partial charge on any atom is 0.209 e. The number of hydrogen-bond donors (Lipinski definition) is 2. The van der Waals surface area contributed by atoms with Crippen molar-refractivity contribution in [2.45, 2.75) is 38.3 Å². The van der Waals surface area contributed by atoms with Crippen LogP contribution in [0, 0.1) is 6.92 Å². The van der Waals surface area contributed by atoms with Gasteiger partial charge in [0, 0.05) is 0 Å². The van der Waals surface area contributed by atoms with Crippen LogP contribution in [0.3, 0.4) is 0 Å².